The Morgan fingerprint density at radius 3 is 2.70 bits per heavy atom. The molecule has 8 nitrogen and oxygen atoms in total. The van der Waals surface area contributed by atoms with Crippen LogP contribution in [0.15, 0.2) is 55.1 Å². The molecular formula is C25H28N6O2. The maximum Gasteiger partial charge on any atom is 0.418 e. The molecule has 1 aromatic carbocycles. The molecule has 170 valence electrons. The molecule has 1 aliphatic heterocycles. The molecule has 33 heavy (non-hydrogen) atoms. The van der Waals surface area contributed by atoms with Gasteiger partial charge in [-0.2, -0.15) is 0 Å². The zero-order valence-electron chi connectivity index (χ0n) is 19.2. The van der Waals surface area contributed by atoms with E-state index in [1.165, 1.54) is 12.8 Å². The number of carbonyl (C=O) groups is 1. The summed E-state index contributed by atoms with van der Waals surface area (Å²) in [5, 5.41) is 9.66. The number of nitrogens with zero attached hydrogens (tertiary/aromatic N) is 6. The molecule has 0 aliphatic carbocycles. The fourth-order valence-corrected chi connectivity index (χ4v) is 4.15. The Bertz CT molecular complexity index is 1290. The van der Waals surface area contributed by atoms with Gasteiger partial charge in [-0.3, -0.25) is 9.55 Å². The molecule has 0 unspecified atom stereocenters. The second kappa shape index (κ2) is 8.35. The first-order valence-corrected chi connectivity index (χ1v) is 11.3. The van der Waals surface area contributed by atoms with Crippen LogP contribution < -0.4 is 4.90 Å². The van der Waals surface area contributed by atoms with Crippen LogP contribution in [-0.2, 0) is 11.3 Å². The molecule has 0 N–H and O–H groups in total. The van der Waals surface area contributed by atoms with Crippen molar-refractivity contribution in [2.75, 3.05) is 18.0 Å². The normalized spacial score (nSPS) is 14.2. The minimum absolute atomic E-state index is 0.386. The first kappa shape index (κ1) is 21.2. The Morgan fingerprint density at radius 2 is 1.91 bits per heavy atom. The van der Waals surface area contributed by atoms with Gasteiger partial charge in [0.05, 0.1) is 30.1 Å². The van der Waals surface area contributed by atoms with Gasteiger partial charge in [0.1, 0.15) is 11.3 Å². The quantitative estimate of drug-likeness (QED) is 0.453. The Morgan fingerprint density at radius 1 is 1.09 bits per heavy atom. The molecule has 0 radical (unpaired) electrons. The summed E-state index contributed by atoms with van der Waals surface area (Å²) in [5.74, 6) is 0. The summed E-state index contributed by atoms with van der Waals surface area (Å²) in [7, 11) is 0. The summed E-state index contributed by atoms with van der Waals surface area (Å²) >= 11 is 0. The van der Waals surface area contributed by atoms with Crippen molar-refractivity contribution < 1.29 is 9.53 Å². The molecule has 0 amide bonds. The fourth-order valence-electron chi connectivity index (χ4n) is 4.15. The first-order valence-electron chi connectivity index (χ1n) is 11.3. The summed E-state index contributed by atoms with van der Waals surface area (Å²) in [4.78, 5) is 19.4. The smallest absolute Gasteiger partial charge is 0.418 e. The molecule has 0 bridgehead atoms. The lowest BCUT2D eigenvalue weighted by Crippen LogP contribution is -2.26. The number of pyridine rings is 1. The minimum atomic E-state index is -0.552. The van der Waals surface area contributed by atoms with E-state index in [0.717, 1.165) is 46.5 Å². The van der Waals surface area contributed by atoms with Crippen molar-refractivity contribution in [3.63, 3.8) is 0 Å². The Hall–Kier alpha value is -3.68. The van der Waals surface area contributed by atoms with Gasteiger partial charge in [0, 0.05) is 36.4 Å². The number of ether oxygens (including phenoxy) is 1. The van der Waals surface area contributed by atoms with Gasteiger partial charge in [-0.05, 0) is 57.4 Å². The number of carbonyl (C=O) groups excluding carboxylic acids is 1. The zero-order chi connectivity index (χ0) is 23.0. The molecule has 5 rings (SSSR count). The third kappa shape index (κ3) is 4.60. The second-order valence-corrected chi connectivity index (χ2v) is 9.49. The largest absolute Gasteiger partial charge is 0.443 e. The van der Waals surface area contributed by atoms with E-state index in [2.05, 4.69) is 26.3 Å². The van der Waals surface area contributed by atoms with Crippen LogP contribution in [0.1, 0.15) is 39.2 Å². The summed E-state index contributed by atoms with van der Waals surface area (Å²) in [6.45, 7) is 8.28. The van der Waals surface area contributed by atoms with Gasteiger partial charge in [0.2, 0.25) is 0 Å². The highest BCUT2D eigenvalue weighted by Crippen LogP contribution is 2.25. The van der Waals surface area contributed by atoms with Crippen LogP contribution in [0.25, 0.3) is 22.2 Å². The van der Waals surface area contributed by atoms with Gasteiger partial charge < -0.3 is 9.64 Å². The molecule has 1 aliphatic rings. The van der Waals surface area contributed by atoms with Gasteiger partial charge in [-0.1, -0.05) is 17.3 Å². The number of rotatable bonds is 4. The van der Waals surface area contributed by atoms with E-state index in [1.807, 2.05) is 63.6 Å². The minimum Gasteiger partial charge on any atom is -0.443 e. The van der Waals surface area contributed by atoms with E-state index in [0.29, 0.717) is 6.54 Å². The monoisotopic (exact) mass is 444 g/mol. The molecule has 0 spiro atoms. The Balaban J connectivity index is 1.36. The van der Waals surface area contributed by atoms with Gasteiger partial charge in [-0.25, -0.2) is 9.48 Å². The highest BCUT2D eigenvalue weighted by molar-refractivity contribution is 5.90. The number of hydrogen-bond acceptors (Lipinski definition) is 6. The standard InChI is InChI=1S/C25H28N6O2/c1-25(2,3)33-24(32)31-11-8-19-7-6-18(12-23(19)31)16-30-17-22(27-28-30)20-13-21(15-26-14-20)29-9-4-5-10-29/h6-8,11-15,17H,4-5,9-10,16H2,1-3H3. The number of benzene rings is 1. The second-order valence-electron chi connectivity index (χ2n) is 9.49. The van der Waals surface area contributed by atoms with Crippen molar-refractivity contribution >= 4 is 22.7 Å². The summed E-state index contributed by atoms with van der Waals surface area (Å²) < 4.78 is 8.89. The van der Waals surface area contributed by atoms with Crippen molar-refractivity contribution in [2.45, 2.75) is 45.8 Å². The summed E-state index contributed by atoms with van der Waals surface area (Å²) in [5.41, 5.74) is 4.16. The van der Waals surface area contributed by atoms with Crippen LogP contribution in [0.2, 0.25) is 0 Å². The van der Waals surface area contributed by atoms with Gasteiger partial charge in [0.15, 0.2) is 0 Å². The molecule has 8 heteroatoms. The Kier molecular flexibility index (Phi) is 5.36. The molecule has 0 saturated carbocycles. The van der Waals surface area contributed by atoms with Crippen molar-refractivity contribution in [1.82, 2.24) is 24.5 Å². The number of anilines is 1. The number of hydrogen-bond donors (Lipinski definition) is 0. The van der Waals surface area contributed by atoms with Crippen LogP contribution in [0, 0.1) is 0 Å². The van der Waals surface area contributed by atoms with Gasteiger partial charge >= 0.3 is 6.09 Å². The fraction of sp³-hybridized carbons (Fsp3) is 0.360. The van der Waals surface area contributed by atoms with E-state index < -0.39 is 5.60 Å². The SMILES string of the molecule is CC(C)(C)OC(=O)n1ccc2ccc(Cn3cc(-c4cncc(N5CCCC5)c4)nn3)cc21. The highest BCUT2D eigenvalue weighted by Gasteiger charge is 2.19. The third-order valence-electron chi connectivity index (χ3n) is 5.72. The maximum absolute atomic E-state index is 12.6. The van der Waals surface area contributed by atoms with Crippen LogP contribution in [0.4, 0.5) is 10.5 Å². The molecule has 4 aromatic rings. The molecule has 3 aromatic heterocycles. The maximum atomic E-state index is 12.6. The van der Waals surface area contributed by atoms with E-state index in [4.69, 9.17) is 4.74 Å². The van der Waals surface area contributed by atoms with Crippen molar-refractivity contribution in [2.24, 2.45) is 0 Å². The molecule has 0 atom stereocenters. The van der Waals surface area contributed by atoms with Crippen LogP contribution >= 0.6 is 0 Å². The Labute approximate surface area is 192 Å². The highest BCUT2D eigenvalue weighted by atomic mass is 16.6. The van der Waals surface area contributed by atoms with E-state index in [1.54, 1.807) is 15.4 Å². The molecular weight excluding hydrogens is 416 g/mol. The predicted octanol–water partition coefficient (Wildman–Crippen LogP) is 4.73. The van der Waals surface area contributed by atoms with Crippen molar-refractivity contribution in [3.05, 3.63) is 60.7 Å². The van der Waals surface area contributed by atoms with Gasteiger partial charge in [0.25, 0.3) is 0 Å². The predicted molar refractivity (Wildman–Crippen MR) is 127 cm³/mol. The average molecular weight is 445 g/mol. The topological polar surface area (TPSA) is 78.1 Å². The van der Waals surface area contributed by atoms with Gasteiger partial charge in [-0.15, -0.1) is 5.10 Å². The van der Waals surface area contributed by atoms with Crippen LogP contribution in [0.5, 0.6) is 0 Å². The molecule has 1 saturated heterocycles. The van der Waals surface area contributed by atoms with Crippen LogP contribution in [0.3, 0.4) is 0 Å². The van der Waals surface area contributed by atoms with E-state index in [-0.39, 0.29) is 6.09 Å². The molecule has 1 fully saturated rings. The summed E-state index contributed by atoms with van der Waals surface area (Å²) in [6, 6.07) is 10.1. The number of aromatic nitrogens is 5. The van der Waals surface area contributed by atoms with E-state index >= 15 is 0 Å². The lowest BCUT2D eigenvalue weighted by atomic mass is 10.1. The number of fused-ring (bicyclic) bond motifs is 1. The first-order chi connectivity index (χ1) is 15.9. The lowest BCUT2D eigenvalue weighted by molar-refractivity contribution is 0.0544. The van der Waals surface area contributed by atoms with Crippen LogP contribution in [-0.4, -0.2) is 49.3 Å². The van der Waals surface area contributed by atoms with Crippen molar-refractivity contribution in [1.29, 1.82) is 0 Å². The third-order valence-corrected chi connectivity index (χ3v) is 5.72. The molecule has 4 heterocycles. The lowest BCUT2D eigenvalue weighted by Gasteiger charge is -2.19. The van der Waals surface area contributed by atoms with Crippen molar-refractivity contribution in [3.8, 4) is 11.3 Å². The summed E-state index contributed by atoms with van der Waals surface area (Å²) in [6.07, 6.45) is 9.48. The average Bonchev–Trinajstić information content (AvgIpc) is 3.53. The zero-order valence-corrected chi connectivity index (χ0v) is 19.2. The van der Waals surface area contributed by atoms with E-state index in [9.17, 15) is 4.79 Å².